The van der Waals surface area contributed by atoms with Crippen LogP contribution < -0.4 is 5.32 Å². The molecule has 8 nitrogen and oxygen atoms in total. The zero-order valence-electron chi connectivity index (χ0n) is 16.1. The summed E-state index contributed by atoms with van der Waals surface area (Å²) in [7, 11) is 1.81. The zero-order valence-corrected chi connectivity index (χ0v) is 16.1. The number of carbonyl (C=O) groups is 2. The maximum absolute atomic E-state index is 12.7. The number of pyridine rings is 1. The fourth-order valence-corrected chi connectivity index (χ4v) is 3.73. The molecular formula is C20H24N6O2. The molecule has 0 aliphatic carbocycles. The topological polar surface area (TPSA) is 84.5 Å². The number of carbonyl (C=O) groups excluding carboxylic acids is 2. The van der Waals surface area contributed by atoms with Crippen LogP contribution in [0.4, 0.5) is 4.79 Å². The number of likely N-dealkylation sites (tertiary alicyclic amines) is 1. The molecule has 1 N–H and O–H groups in total. The van der Waals surface area contributed by atoms with Gasteiger partial charge in [-0.05, 0) is 31.4 Å². The van der Waals surface area contributed by atoms with Crippen molar-refractivity contribution in [1.29, 1.82) is 0 Å². The Hall–Kier alpha value is -3.16. The van der Waals surface area contributed by atoms with Crippen molar-refractivity contribution in [2.45, 2.75) is 26.3 Å². The van der Waals surface area contributed by atoms with E-state index in [9.17, 15) is 9.59 Å². The number of nitrogens with zero attached hydrogens (tertiary/aromatic N) is 5. The second-order valence-electron chi connectivity index (χ2n) is 7.32. The van der Waals surface area contributed by atoms with Gasteiger partial charge in [0.15, 0.2) is 5.82 Å². The van der Waals surface area contributed by atoms with E-state index < -0.39 is 0 Å². The standard InChI is InChI=1S/C20H24N6O2/c1-14-5-3-8-25-13-16(23-18(14)25)11-22-20(28)26-9-4-6-15(12-26)17(27)19-21-7-10-24(19)2/h3,5,7-8,10,13,15H,4,6,9,11-12H2,1-2H3,(H,22,28)/t15-/m0/s1. The molecule has 1 aliphatic rings. The molecule has 1 atom stereocenters. The lowest BCUT2D eigenvalue weighted by Crippen LogP contribution is -2.47. The van der Waals surface area contributed by atoms with Gasteiger partial charge in [0.1, 0.15) is 5.65 Å². The van der Waals surface area contributed by atoms with E-state index in [2.05, 4.69) is 15.3 Å². The number of Topliss-reactive ketones (excluding diaryl/α,β-unsaturated/α-hetero) is 1. The number of hydrogen-bond acceptors (Lipinski definition) is 4. The minimum absolute atomic E-state index is 0.000765. The lowest BCUT2D eigenvalue weighted by Gasteiger charge is -2.31. The van der Waals surface area contributed by atoms with Gasteiger partial charge < -0.3 is 19.2 Å². The maximum atomic E-state index is 12.7. The summed E-state index contributed by atoms with van der Waals surface area (Å²) < 4.78 is 3.69. The van der Waals surface area contributed by atoms with E-state index in [0.29, 0.717) is 25.5 Å². The van der Waals surface area contributed by atoms with Gasteiger partial charge in [0.2, 0.25) is 5.78 Å². The first-order chi connectivity index (χ1) is 13.5. The summed E-state index contributed by atoms with van der Waals surface area (Å²) in [5.74, 6) is 0.242. The molecule has 28 heavy (non-hydrogen) atoms. The molecule has 0 spiro atoms. The van der Waals surface area contributed by atoms with Gasteiger partial charge in [0.05, 0.1) is 12.2 Å². The number of aromatic nitrogens is 4. The normalized spacial score (nSPS) is 17.1. The first-order valence-corrected chi connectivity index (χ1v) is 9.50. The molecule has 0 bridgehead atoms. The fourth-order valence-electron chi connectivity index (χ4n) is 3.73. The largest absolute Gasteiger partial charge is 0.332 e. The molecule has 0 unspecified atom stereocenters. The fraction of sp³-hybridized carbons (Fsp3) is 0.400. The number of amides is 2. The minimum Gasteiger partial charge on any atom is -0.332 e. The second-order valence-corrected chi connectivity index (χ2v) is 7.32. The lowest BCUT2D eigenvalue weighted by atomic mass is 9.93. The highest BCUT2D eigenvalue weighted by Crippen LogP contribution is 2.20. The number of aryl methyl sites for hydroxylation is 2. The number of urea groups is 1. The number of hydrogen-bond donors (Lipinski definition) is 1. The number of piperidine rings is 1. The number of imidazole rings is 2. The van der Waals surface area contributed by atoms with Crippen LogP contribution in [-0.2, 0) is 13.6 Å². The Bertz CT molecular complexity index is 1020. The van der Waals surface area contributed by atoms with Gasteiger partial charge >= 0.3 is 6.03 Å². The van der Waals surface area contributed by atoms with E-state index in [-0.39, 0.29) is 17.7 Å². The highest BCUT2D eigenvalue weighted by atomic mass is 16.2. The molecule has 1 saturated heterocycles. The number of fused-ring (bicyclic) bond motifs is 1. The SMILES string of the molecule is Cc1cccn2cc(CNC(=O)N3CCC[C@H](C(=O)c4nccn4C)C3)nc12. The van der Waals surface area contributed by atoms with E-state index in [1.807, 2.05) is 42.9 Å². The van der Waals surface area contributed by atoms with E-state index in [1.54, 1.807) is 21.9 Å². The summed E-state index contributed by atoms with van der Waals surface area (Å²) in [5.41, 5.74) is 2.79. The third-order valence-electron chi connectivity index (χ3n) is 5.27. The van der Waals surface area contributed by atoms with Crippen LogP contribution in [0.15, 0.2) is 36.9 Å². The second kappa shape index (κ2) is 7.46. The molecule has 3 aromatic rings. The summed E-state index contributed by atoms with van der Waals surface area (Å²) in [6.07, 6.45) is 8.84. The number of ketones is 1. The third-order valence-corrected chi connectivity index (χ3v) is 5.27. The molecule has 4 heterocycles. The molecular weight excluding hydrogens is 356 g/mol. The molecule has 0 saturated carbocycles. The summed E-state index contributed by atoms with van der Waals surface area (Å²) in [6.45, 7) is 3.44. The Morgan fingerprint density at radius 2 is 2.18 bits per heavy atom. The smallest absolute Gasteiger partial charge is 0.317 e. The first kappa shape index (κ1) is 18.2. The molecule has 8 heteroatoms. The predicted octanol–water partition coefficient (Wildman–Crippen LogP) is 2.18. The average molecular weight is 380 g/mol. The Morgan fingerprint density at radius 1 is 1.32 bits per heavy atom. The van der Waals surface area contributed by atoms with Crippen LogP contribution in [0.3, 0.4) is 0 Å². The molecule has 4 rings (SSSR count). The van der Waals surface area contributed by atoms with Gasteiger partial charge in [0.25, 0.3) is 0 Å². The van der Waals surface area contributed by atoms with Crippen LogP contribution in [0.1, 0.15) is 34.7 Å². The van der Waals surface area contributed by atoms with Crippen molar-refractivity contribution < 1.29 is 9.59 Å². The van der Waals surface area contributed by atoms with Gasteiger partial charge in [-0.2, -0.15) is 0 Å². The molecule has 1 aliphatic heterocycles. The van der Waals surface area contributed by atoms with Crippen molar-refractivity contribution in [2.75, 3.05) is 13.1 Å². The van der Waals surface area contributed by atoms with Crippen LogP contribution in [0.25, 0.3) is 5.65 Å². The van der Waals surface area contributed by atoms with E-state index in [4.69, 9.17) is 0 Å². The van der Waals surface area contributed by atoms with Gasteiger partial charge in [-0.25, -0.2) is 14.8 Å². The zero-order chi connectivity index (χ0) is 19.7. The molecule has 0 radical (unpaired) electrons. The molecule has 0 aromatic carbocycles. The van der Waals surface area contributed by atoms with Crippen molar-refractivity contribution >= 4 is 17.5 Å². The van der Waals surface area contributed by atoms with Gasteiger partial charge in [0, 0.05) is 50.8 Å². The van der Waals surface area contributed by atoms with Crippen LogP contribution >= 0.6 is 0 Å². The number of rotatable bonds is 4. The summed E-state index contributed by atoms with van der Waals surface area (Å²) >= 11 is 0. The lowest BCUT2D eigenvalue weighted by molar-refractivity contribution is 0.0831. The van der Waals surface area contributed by atoms with Crippen molar-refractivity contribution in [3.05, 3.63) is 54.0 Å². The third kappa shape index (κ3) is 3.49. The van der Waals surface area contributed by atoms with Gasteiger partial charge in [-0.1, -0.05) is 6.07 Å². The first-order valence-electron chi connectivity index (χ1n) is 9.50. The molecule has 146 valence electrons. The van der Waals surface area contributed by atoms with Gasteiger partial charge in [-0.15, -0.1) is 0 Å². The Kier molecular flexibility index (Phi) is 4.85. The Balaban J connectivity index is 1.38. The Morgan fingerprint density at radius 3 is 2.93 bits per heavy atom. The van der Waals surface area contributed by atoms with Crippen molar-refractivity contribution in [2.24, 2.45) is 13.0 Å². The van der Waals surface area contributed by atoms with Crippen molar-refractivity contribution in [3.63, 3.8) is 0 Å². The van der Waals surface area contributed by atoms with Crippen molar-refractivity contribution in [1.82, 2.24) is 29.2 Å². The molecule has 3 aromatic heterocycles. The molecule has 1 fully saturated rings. The molecule has 2 amide bonds. The van der Waals surface area contributed by atoms with E-state index in [1.165, 1.54) is 0 Å². The van der Waals surface area contributed by atoms with Crippen LogP contribution in [0, 0.1) is 12.8 Å². The van der Waals surface area contributed by atoms with E-state index >= 15 is 0 Å². The van der Waals surface area contributed by atoms with Gasteiger partial charge in [-0.3, -0.25) is 4.79 Å². The average Bonchev–Trinajstić information content (AvgIpc) is 3.32. The highest BCUT2D eigenvalue weighted by molar-refractivity contribution is 5.95. The minimum atomic E-state index is -0.210. The van der Waals surface area contributed by atoms with Crippen molar-refractivity contribution in [3.8, 4) is 0 Å². The summed E-state index contributed by atoms with van der Waals surface area (Å²) in [6, 6.07) is 3.82. The summed E-state index contributed by atoms with van der Waals surface area (Å²) in [4.78, 5) is 35.8. The predicted molar refractivity (Wildman–Crippen MR) is 104 cm³/mol. The van der Waals surface area contributed by atoms with Crippen LogP contribution in [0.2, 0.25) is 0 Å². The Labute approximate surface area is 163 Å². The van der Waals surface area contributed by atoms with Crippen LogP contribution in [-0.4, -0.2) is 48.7 Å². The monoisotopic (exact) mass is 380 g/mol. The quantitative estimate of drug-likeness (QED) is 0.703. The van der Waals surface area contributed by atoms with Crippen LogP contribution in [0.5, 0.6) is 0 Å². The maximum Gasteiger partial charge on any atom is 0.317 e. The number of nitrogens with one attached hydrogen (secondary N) is 1. The summed E-state index contributed by atoms with van der Waals surface area (Å²) in [5, 5.41) is 2.93. The highest BCUT2D eigenvalue weighted by Gasteiger charge is 2.30. The van der Waals surface area contributed by atoms with E-state index in [0.717, 1.165) is 29.7 Å².